The second-order valence-electron chi connectivity index (χ2n) is 15.3. The molecule has 0 saturated heterocycles. The number of carbonyl (C=O) groups excluding carboxylic acids is 3. The first-order chi connectivity index (χ1) is 25.5. The van der Waals surface area contributed by atoms with E-state index >= 15 is 0 Å². The Bertz CT molecular complexity index is 809. The molecule has 1 atom stereocenters. The summed E-state index contributed by atoms with van der Waals surface area (Å²) in [6.07, 6.45) is 43.4. The van der Waals surface area contributed by atoms with E-state index in [0.717, 1.165) is 64.2 Å². The molecule has 1 unspecified atom stereocenters. The van der Waals surface area contributed by atoms with Crippen LogP contribution in [-0.4, -0.2) is 37.2 Å². The van der Waals surface area contributed by atoms with E-state index in [4.69, 9.17) is 14.2 Å². The lowest BCUT2D eigenvalue weighted by molar-refractivity contribution is -0.167. The first-order valence-corrected chi connectivity index (χ1v) is 22.7. The summed E-state index contributed by atoms with van der Waals surface area (Å²) in [5.74, 6) is -0.876. The fourth-order valence-corrected chi connectivity index (χ4v) is 6.55. The third kappa shape index (κ3) is 39.4. The number of unbranched alkanes of at least 4 members (excludes halogenated alkanes) is 28. The van der Waals surface area contributed by atoms with E-state index in [1.165, 1.54) is 141 Å². The lowest BCUT2D eigenvalue weighted by Crippen LogP contribution is -2.30. The van der Waals surface area contributed by atoms with Gasteiger partial charge in [0, 0.05) is 19.3 Å². The summed E-state index contributed by atoms with van der Waals surface area (Å²) in [6.45, 7) is 6.59. The van der Waals surface area contributed by atoms with Crippen molar-refractivity contribution in [1.82, 2.24) is 0 Å². The highest BCUT2D eigenvalue weighted by molar-refractivity contribution is 5.71. The molecule has 0 rings (SSSR count). The van der Waals surface area contributed by atoms with Gasteiger partial charge in [-0.3, -0.25) is 14.4 Å². The molecule has 0 aromatic heterocycles. The summed E-state index contributed by atoms with van der Waals surface area (Å²) in [5, 5.41) is 0. The summed E-state index contributed by atoms with van der Waals surface area (Å²) < 4.78 is 16.6. The molecular formula is C46H86O6. The summed E-state index contributed by atoms with van der Waals surface area (Å²) in [5.41, 5.74) is 0. The molecule has 0 aliphatic heterocycles. The van der Waals surface area contributed by atoms with Gasteiger partial charge < -0.3 is 14.2 Å². The van der Waals surface area contributed by atoms with Gasteiger partial charge in [0.25, 0.3) is 0 Å². The van der Waals surface area contributed by atoms with Crippen molar-refractivity contribution in [1.29, 1.82) is 0 Å². The van der Waals surface area contributed by atoms with Crippen molar-refractivity contribution in [2.24, 2.45) is 0 Å². The monoisotopic (exact) mass is 735 g/mol. The average Bonchev–Trinajstić information content (AvgIpc) is 3.14. The molecule has 52 heavy (non-hydrogen) atoms. The van der Waals surface area contributed by atoms with Crippen molar-refractivity contribution in [3.63, 3.8) is 0 Å². The quantitative estimate of drug-likeness (QED) is 0.0269. The van der Waals surface area contributed by atoms with Crippen molar-refractivity contribution in [2.45, 2.75) is 252 Å². The lowest BCUT2D eigenvalue weighted by atomic mass is 10.1. The number of hydrogen-bond donors (Lipinski definition) is 0. The predicted octanol–water partition coefficient (Wildman–Crippen LogP) is 14.3. The van der Waals surface area contributed by atoms with Gasteiger partial charge in [0.2, 0.25) is 0 Å². The van der Waals surface area contributed by atoms with E-state index in [-0.39, 0.29) is 31.1 Å². The zero-order valence-corrected chi connectivity index (χ0v) is 34.8. The van der Waals surface area contributed by atoms with Crippen LogP contribution in [0.4, 0.5) is 0 Å². The van der Waals surface area contributed by atoms with Gasteiger partial charge in [0.15, 0.2) is 6.10 Å². The van der Waals surface area contributed by atoms with Crippen LogP contribution < -0.4 is 0 Å². The van der Waals surface area contributed by atoms with E-state index in [1.54, 1.807) is 0 Å². The topological polar surface area (TPSA) is 78.9 Å². The van der Waals surface area contributed by atoms with Crippen LogP contribution in [0, 0.1) is 0 Å². The fourth-order valence-electron chi connectivity index (χ4n) is 6.55. The van der Waals surface area contributed by atoms with Crippen LogP contribution in [0.5, 0.6) is 0 Å². The molecule has 0 spiro atoms. The van der Waals surface area contributed by atoms with Gasteiger partial charge in [-0.1, -0.05) is 193 Å². The maximum Gasteiger partial charge on any atom is 0.306 e. The van der Waals surface area contributed by atoms with E-state index < -0.39 is 6.10 Å². The van der Waals surface area contributed by atoms with Gasteiger partial charge in [-0.05, 0) is 44.9 Å². The SMILES string of the molecule is CCCCCCCCC/C=C\CCCCCCCC(=O)OCC(COC(=O)CCCCCCCCCC)OC(=O)CCCCCCCCCCCC. The second kappa shape index (κ2) is 41.9. The van der Waals surface area contributed by atoms with Gasteiger partial charge in [-0.2, -0.15) is 0 Å². The molecule has 0 fully saturated rings. The van der Waals surface area contributed by atoms with Crippen molar-refractivity contribution in [3.05, 3.63) is 12.2 Å². The number of esters is 3. The average molecular weight is 735 g/mol. The van der Waals surface area contributed by atoms with Gasteiger partial charge >= 0.3 is 17.9 Å². The Labute approximate surface area is 322 Å². The Morgan fingerprint density at radius 3 is 0.962 bits per heavy atom. The van der Waals surface area contributed by atoms with E-state index in [1.807, 2.05) is 0 Å². The minimum atomic E-state index is -0.763. The third-order valence-electron chi connectivity index (χ3n) is 10.0. The van der Waals surface area contributed by atoms with Crippen LogP contribution >= 0.6 is 0 Å². The summed E-state index contributed by atoms with van der Waals surface area (Å²) in [6, 6.07) is 0. The van der Waals surface area contributed by atoms with Gasteiger partial charge in [-0.25, -0.2) is 0 Å². The molecule has 6 nitrogen and oxygen atoms in total. The number of ether oxygens (including phenoxy) is 3. The molecule has 0 bridgehead atoms. The Balaban J connectivity index is 4.28. The number of rotatable bonds is 41. The molecule has 0 aromatic rings. The first-order valence-electron chi connectivity index (χ1n) is 22.7. The molecule has 0 aromatic carbocycles. The number of carbonyl (C=O) groups is 3. The Hall–Kier alpha value is -1.85. The van der Waals surface area contributed by atoms with Crippen LogP contribution in [0.15, 0.2) is 12.2 Å². The van der Waals surface area contributed by atoms with Crippen LogP contribution in [0.1, 0.15) is 245 Å². The van der Waals surface area contributed by atoms with Crippen molar-refractivity contribution >= 4 is 17.9 Å². The Morgan fingerprint density at radius 1 is 0.365 bits per heavy atom. The molecule has 0 radical (unpaired) electrons. The van der Waals surface area contributed by atoms with Crippen LogP contribution in [0.25, 0.3) is 0 Å². The van der Waals surface area contributed by atoms with Crippen LogP contribution in [0.3, 0.4) is 0 Å². The van der Waals surface area contributed by atoms with E-state index in [0.29, 0.717) is 19.3 Å². The zero-order chi connectivity index (χ0) is 38.0. The molecule has 0 heterocycles. The highest BCUT2D eigenvalue weighted by Gasteiger charge is 2.19. The lowest BCUT2D eigenvalue weighted by Gasteiger charge is -2.18. The molecule has 0 saturated carbocycles. The minimum Gasteiger partial charge on any atom is -0.462 e. The number of allylic oxidation sites excluding steroid dienone is 2. The predicted molar refractivity (Wildman–Crippen MR) is 220 cm³/mol. The van der Waals surface area contributed by atoms with Gasteiger partial charge in [-0.15, -0.1) is 0 Å². The van der Waals surface area contributed by atoms with Gasteiger partial charge in [0.1, 0.15) is 13.2 Å². The molecule has 0 aliphatic rings. The number of hydrogen-bond acceptors (Lipinski definition) is 6. The molecule has 6 heteroatoms. The van der Waals surface area contributed by atoms with E-state index in [9.17, 15) is 14.4 Å². The van der Waals surface area contributed by atoms with E-state index in [2.05, 4.69) is 32.9 Å². The Morgan fingerprint density at radius 2 is 0.635 bits per heavy atom. The molecule has 306 valence electrons. The summed E-state index contributed by atoms with van der Waals surface area (Å²) in [4.78, 5) is 37.6. The maximum atomic E-state index is 12.6. The van der Waals surface area contributed by atoms with Crippen LogP contribution in [-0.2, 0) is 28.6 Å². The Kier molecular flexibility index (Phi) is 40.4. The van der Waals surface area contributed by atoms with Crippen molar-refractivity contribution in [2.75, 3.05) is 13.2 Å². The normalized spacial score (nSPS) is 12.0. The molecular weight excluding hydrogens is 648 g/mol. The molecule has 0 aliphatic carbocycles. The summed E-state index contributed by atoms with van der Waals surface area (Å²) in [7, 11) is 0. The highest BCUT2D eigenvalue weighted by Crippen LogP contribution is 2.14. The molecule has 0 amide bonds. The largest absolute Gasteiger partial charge is 0.462 e. The second-order valence-corrected chi connectivity index (χ2v) is 15.3. The fraction of sp³-hybridized carbons (Fsp3) is 0.891. The molecule has 0 N–H and O–H groups in total. The van der Waals surface area contributed by atoms with Gasteiger partial charge in [0.05, 0.1) is 0 Å². The van der Waals surface area contributed by atoms with Crippen LogP contribution in [0.2, 0.25) is 0 Å². The standard InChI is InChI=1S/C46H86O6/c1-4-7-10-13-16-19-21-22-23-24-25-26-28-30-33-36-39-45(48)51-42-43(41-50-44(47)38-35-32-29-18-15-12-9-6-3)52-46(49)40-37-34-31-27-20-17-14-11-8-5-2/h23-24,43H,4-22,25-42H2,1-3H3/b24-23-. The third-order valence-corrected chi connectivity index (χ3v) is 10.0. The van der Waals surface area contributed by atoms with Crippen molar-refractivity contribution in [3.8, 4) is 0 Å². The maximum absolute atomic E-state index is 12.6. The minimum absolute atomic E-state index is 0.0691. The van der Waals surface area contributed by atoms with Crippen molar-refractivity contribution < 1.29 is 28.6 Å². The summed E-state index contributed by atoms with van der Waals surface area (Å²) >= 11 is 0. The smallest absolute Gasteiger partial charge is 0.306 e. The zero-order valence-electron chi connectivity index (χ0n) is 34.8. The highest BCUT2D eigenvalue weighted by atomic mass is 16.6. The first kappa shape index (κ1) is 50.1.